The van der Waals surface area contributed by atoms with Gasteiger partial charge in [-0.25, -0.2) is 19.9 Å². The number of nitrogens with one attached hydrogen (secondary N) is 2. The number of fused-ring (bicyclic) bond motifs is 9. The molecule has 0 unspecified atom stereocenters. The number of carbonyl (C=O) groups excluding carboxylic acids is 2. The number of imidazole rings is 3. The Morgan fingerprint density at radius 2 is 0.838 bits per heavy atom. The first kappa shape index (κ1) is 79.7. The Kier molecular flexibility index (Phi) is 25.5. The molecule has 111 heavy (non-hydrogen) atoms. The average molecular weight is 1490 g/mol. The second-order valence-corrected chi connectivity index (χ2v) is 35.8. The zero-order valence-corrected chi connectivity index (χ0v) is 68.8. The van der Waals surface area contributed by atoms with Crippen molar-refractivity contribution in [3.05, 3.63) is 208 Å². The van der Waals surface area contributed by atoms with Crippen LogP contribution < -0.4 is 16.4 Å². The fourth-order valence-electron chi connectivity index (χ4n) is 15.7. The fraction of sp³-hybridized carbons (Fsp3) is 0.479. The van der Waals surface area contributed by atoms with E-state index in [0.717, 1.165) is 174 Å². The van der Waals surface area contributed by atoms with Crippen molar-refractivity contribution in [2.75, 3.05) is 12.3 Å². The summed E-state index contributed by atoms with van der Waals surface area (Å²) < 4.78 is 7.22. The molecule has 6 aromatic carbocycles. The molecule has 0 radical (unpaired) electrons. The third-order valence-electron chi connectivity index (χ3n) is 22.5. The van der Waals surface area contributed by atoms with Gasteiger partial charge in [0.15, 0.2) is 5.82 Å². The summed E-state index contributed by atoms with van der Waals surface area (Å²) in [6, 6.07) is 51.8. The highest BCUT2D eigenvalue weighted by atomic mass is 16.2. The van der Waals surface area contributed by atoms with Gasteiger partial charge in [0.25, 0.3) is 0 Å². The molecule has 3 fully saturated rings. The van der Waals surface area contributed by atoms with Crippen molar-refractivity contribution >= 4 is 83.4 Å². The van der Waals surface area contributed by atoms with E-state index in [4.69, 9.17) is 30.7 Å². The lowest BCUT2D eigenvalue weighted by molar-refractivity contribution is -0.137. The van der Waals surface area contributed by atoms with Gasteiger partial charge in [0.05, 0.1) is 44.5 Å². The van der Waals surface area contributed by atoms with Gasteiger partial charge in [0.1, 0.15) is 34.0 Å². The number of nitrogens with zero attached hydrogens (tertiary/aromatic N) is 10. The minimum Gasteiger partial charge on any atom is -0.382 e. The van der Waals surface area contributed by atoms with Gasteiger partial charge < -0.3 is 35.0 Å². The molecule has 15 nitrogen and oxygen atoms in total. The number of aromatic nitrogens is 9. The first-order valence-corrected chi connectivity index (χ1v) is 42.0. The largest absolute Gasteiger partial charge is 0.382 e. The molecule has 0 aliphatic heterocycles. The Balaban J connectivity index is 0.000000146. The lowest BCUT2D eigenvalue weighted by atomic mass is 9.83. The number of amides is 2. The van der Waals surface area contributed by atoms with Crippen LogP contribution in [-0.2, 0) is 81.0 Å². The summed E-state index contributed by atoms with van der Waals surface area (Å²) >= 11 is 0. The quantitative estimate of drug-likeness (QED) is 0.0367. The van der Waals surface area contributed by atoms with Crippen LogP contribution in [0.1, 0.15) is 248 Å². The van der Waals surface area contributed by atoms with Gasteiger partial charge in [-0.2, -0.15) is 0 Å². The fourth-order valence-corrected chi connectivity index (χ4v) is 15.7. The van der Waals surface area contributed by atoms with Crippen molar-refractivity contribution in [2.45, 2.75) is 263 Å². The Morgan fingerprint density at radius 1 is 0.450 bits per heavy atom. The Morgan fingerprint density at radius 3 is 1.24 bits per heavy atom. The Hall–Kier alpha value is -9.34. The van der Waals surface area contributed by atoms with Crippen LogP contribution in [-0.4, -0.2) is 72.4 Å². The maximum absolute atomic E-state index is 13.0. The van der Waals surface area contributed by atoms with Gasteiger partial charge >= 0.3 is 0 Å². The molecule has 0 bridgehead atoms. The summed E-state index contributed by atoms with van der Waals surface area (Å²) in [7, 11) is 0. The molecule has 4 N–H and O–H groups in total. The van der Waals surface area contributed by atoms with Crippen LogP contribution in [0.25, 0.3) is 65.8 Å². The highest BCUT2D eigenvalue weighted by Gasteiger charge is 2.33. The highest BCUT2D eigenvalue weighted by Crippen LogP contribution is 2.38. The SMILES string of the molecule is CCCCc1nc2c(CC(C)(C)C)nc3ccccc3c2n1Cc1ccc(CNC(=O)CC2CC2)cc1.CCCCc1nc2c(CC(C)(C)C)nc3ccccc3c2n1Cc1ccc(CNCCC2CCC2)cc1.CCCCc1nc2c(N)nc3ccccc3c2n1Cc1ccc(CN(C(=O)CC2CC2)C(C)(C)C)cc1. The first-order valence-electron chi connectivity index (χ1n) is 42.0. The van der Waals surface area contributed by atoms with Crippen LogP contribution in [0.4, 0.5) is 5.82 Å². The van der Waals surface area contributed by atoms with E-state index < -0.39 is 0 Å². The zero-order valence-electron chi connectivity index (χ0n) is 68.8. The molecule has 12 aromatic rings. The molecule has 0 saturated heterocycles. The number of rotatable bonds is 30. The van der Waals surface area contributed by atoms with Crippen LogP contribution in [0.2, 0.25) is 0 Å². The maximum Gasteiger partial charge on any atom is 0.223 e. The molecule has 0 atom stereocenters. The van der Waals surface area contributed by atoms with Gasteiger partial charge in [0.2, 0.25) is 11.8 Å². The molecule has 3 aliphatic carbocycles. The number of pyridine rings is 3. The van der Waals surface area contributed by atoms with Crippen molar-refractivity contribution in [3.63, 3.8) is 0 Å². The maximum atomic E-state index is 13.0. The first-order chi connectivity index (χ1) is 53.5. The average Bonchev–Trinajstić information content (AvgIpc) is 1.66. The number of para-hydroxylation sites is 3. The lowest BCUT2D eigenvalue weighted by Crippen LogP contribution is -2.45. The van der Waals surface area contributed by atoms with Crippen LogP contribution in [0.5, 0.6) is 0 Å². The summed E-state index contributed by atoms with van der Waals surface area (Å²) in [4.78, 5) is 57.4. The molecule has 3 saturated carbocycles. The number of benzene rings is 6. The van der Waals surface area contributed by atoms with E-state index in [1.54, 1.807) is 0 Å². The van der Waals surface area contributed by atoms with Gasteiger partial charge in [-0.05, 0) is 172 Å². The standard InChI is InChI=1S/C33H44N4.C32H40N4O.C31H39N5O/c1-5-6-14-30-36-31-29(21-33(2,3)4)35-28-13-8-7-12-27(28)32(31)37(30)23-26-17-15-25(16-18-26)22-34-20-19-24-10-9-11-24;1-5-6-11-28-35-30-27(19-32(2,3)4)34-26-10-8-7-9-25(26)31(30)36(28)21-24-16-14-23(15-17-24)20-33-29(37)18-22-12-13-22;1-5-6-11-26-34-28-29(24-9-7-8-10-25(24)33-30(28)32)35(26)19-22-14-16-23(17-15-22)20-36(31(2,3)4)27(37)18-21-12-13-21/h7-8,12-13,15-18,24,34H,5-6,9-11,14,19-23H2,1-4H3;7-10,14-17,22H,5-6,11-13,18-21H2,1-4H3,(H,33,37);7-10,14-17,21H,5-6,11-13,18-20H2,1-4H3,(H2,32,33). The van der Waals surface area contributed by atoms with E-state index in [2.05, 4.69) is 240 Å². The minimum absolute atomic E-state index is 0.125. The van der Waals surface area contributed by atoms with E-state index >= 15 is 0 Å². The Bertz CT molecular complexity index is 5150. The second-order valence-electron chi connectivity index (χ2n) is 35.8. The van der Waals surface area contributed by atoms with Crippen molar-refractivity contribution in [3.8, 4) is 0 Å². The zero-order chi connectivity index (χ0) is 78.0. The third-order valence-corrected chi connectivity index (χ3v) is 22.5. The molecule has 584 valence electrons. The van der Waals surface area contributed by atoms with Crippen LogP contribution >= 0.6 is 0 Å². The molecular weight excluding hydrogens is 1370 g/mol. The van der Waals surface area contributed by atoms with E-state index in [0.29, 0.717) is 50.1 Å². The number of carbonyl (C=O) groups is 2. The van der Waals surface area contributed by atoms with Crippen molar-refractivity contribution in [1.29, 1.82) is 0 Å². The summed E-state index contributed by atoms with van der Waals surface area (Å²) in [5.74, 6) is 6.47. The molecule has 6 aromatic heterocycles. The summed E-state index contributed by atoms with van der Waals surface area (Å²) in [6.07, 6.45) is 23.2. The van der Waals surface area contributed by atoms with Crippen molar-refractivity contribution < 1.29 is 9.59 Å². The minimum atomic E-state index is -0.205. The molecule has 6 heterocycles. The second kappa shape index (κ2) is 35.6. The molecule has 3 aliphatic rings. The molecule has 15 heteroatoms. The van der Waals surface area contributed by atoms with Gasteiger partial charge in [0, 0.05) is 93.1 Å². The lowest BCUT2D eigenvalue weighted by Gasteiger charge is -2.36. The highest BCUT2D eigenvalue weighted by molar-refractivity contribution is 6.07. The molecule has 2 amide bonds. The van der Waals surface area contributed by atoms with Crippen molar-refractivity contribution in [1.82, 2.24) is 59.1 Å². The number of hydrogen-bond acceptors (Lipinski definition) is 10. The predicted molar refractivity (Wildman–Crippen MR) is 459 cm³/mol. The van der Waals surface area contributed by atoms with Gasteiger partial charge in [-0.3, -0.25) is 19.6 Å². The number of aryl methyl sites for hydroxylation is 3. The van der Waals surface area contributed by atoms with E-state index in [1.807, 2.05) is 23.1 Å². The van der Waals surface area contributed by atoms with E-state index in [9.17, 15) is 9.59 Å². The summed E-state index contributed by atoms with van der Waals surface area (Å²) in [6.45, 7) is 32.4. The number of nitrogens with two attached hydrogens (primary N) is 1. The molecule has 0 spiro atoms. The normalized spacial score (nSPS) is 14.1. The number of hydrogen-bond donors (Lipinski definition) is 3. The van der Waals surface area contributed by atoms with Gasteiger partial charge in [-0.15, -0.1) is 0 Å². The van der Waals surface area contributed by atoms with Gasteiger partial charge in [-0.1, -0.05) is 228 Å². The predicted octanol–water partition coefficient (Wildman–Crippen LogP) is 21.3. The van der Waals surface area contributed by atoms with Crippen LogP contribution in [0, 0.1) is 28.6 Å². The van der Waals surface area contributed by atoms with E-state index in [1.165, 1.54) is 108 Å². The van der Waals surface area contributed by atoms with Crippen LogP contribution in [0.15, 0.2) is 146 Å². The Labute approximate surface area is 659 Å². The summed E-state index contributed by atoms with van der Waals surface area (Å²) in [5, 5.41) is 10.2. The number of nitrogen functional groups attached to an aromatic ring is 1. The monoisotopic (exact) mass is 1490 g/mol. The molecule has 15 rings (SSSR count). The summed E-state index contributed by atoms with van der Waals surface area (Å²) in [5.41, 5.74) is 25.5. The third kappa shape index (κ3) is 20.7. The topological polar surface area (TPSA) is 180 Å². The van der Waals surface area contributed by atoms with Crippen molar-refractivity contribution in [2.24, 2.45) is 28.6 Å². The van der Waals surface area contributed by atoms with Crippen LogP contribution in [0.3, 0.4) is 0 Å². The number of anilines is 1. The smallest absolute Gasteiger partial charge is 0.223 e. The molecular formula is C96H123N13O2. The number of unbranched alkanes of at least 4 members (excludes halogenated alkanes) is 3. The van der Waals surface area contributed by atoms with E-state index in [-0.39, 0.29) is 28.2 Å².